The lowest BCUT2D eigenvalue weighted by Gasteiger charge is -2.31. The van der Waals surface area contributed by atoms with E-state index >= 15 is 0 Å². The molecule has 2 atom stereocenters. The highest BCUT2D eigenvalue weighted by Gasteiger charge is 2.45. The van der Waals surface area contributed by atoms with Gasteiger partial charge in [0.15, 0.2) is 0 Å². The lowest BCUT2D eigenvalue weighted by atomic mass is 9.84. The predicted molar refractivity (Wildman–Crippen MR) is 150 cm³/mol. The van der Waals surface area contributed by atoms with Gasteiger partial charge >= 0.3 is 6.09 Å². The van der Waals surface area contributed by atoms with Crippen LogP contribution in [-0.2, 0) is 20.9 Å². The average Bonchev–Trinajstić information content (AvgIpc) is 3.33. The highest BCUT2D eigenvalue weighted by atomic mass is 16.6. The summed E-state index contributed by atoms with van der Waals surface area (Å²) >= 11 is 0. The summed E-state index contributed by atoms with van der Waals surface area (Å²) in [6, 6.07) is 29.6. The molecule has 0 unspecified atom stereocenters. The molecule has 38 heavy (non-hydrogen) atoms. The molecule has 1 saturated heterocycles. The standard InChI is InChI=1S/C33H37NO4/c1-3-4-16-29(21-25(2)22-37-23-26-14-8-5-9-15-26)32(35)34-30(24-38-33(34)36)31(27-17-10-6-11-18-27)28-19-12-7-13-20-28/h5-15,17-20,29-31H,2-4,16,21-24H2,1H3/t29-,30-/m0/s1. The molecular formula is C33H37NO4. The van der Waals surface area contributed by atoms with Crippen molar-refractivity contribution in [1.82, 2.24) is 4.90 Å². The van der Waals surface area contributed by atoms with Crippen molar-refractivity contribution in [2.75, 3.05) is 13.2 Å². The van der Waals surface area contributed by atoms with E-state index < -0.39 is 12.1 Å². The first kappa shape index (κ1) is 27.3. The van der Waals surface area contributed by atoms with Crippen LogP contribution in [-0.4, -0.2) is 36.2 Å². The average molecular weight is 512 g/mol. The monoisotopic (exact) mass is 511 g/mol. The second-order valence-electron chi connectivity index (χ2n) is 9.92. The van der Waals surface area contributed by atoms with Crippen LogP contribution in [0.3, 0.4) is 0 Å². The highest BCUT2D eigenvalue weighted by molar-refractivity contribution is 5.95. The number of carbonyl (C=O) groups excluding carboxylic acids is 2. The van der Waals surface area contributed by atoms with Crippen molar-refractivity contribution in [3.05, 3.63) is 120 Å². The lowest BCUT2D eigenvalue weighted by Crippen LogP contribution is -2.45. The fraction of sp³-hybridized carbons (Fsp3) is 0.333. The molecule has 0 bridgehead atoms. The molecule has 1 fully saturated rings. The van der Waals surface area contributed by atoms with Crippen LogP contribution in [0.5, 0.6) is 0 Å². The number of unbranched alkanes of at least 4 members (excludes halogenated alkanes) is 1. The molecule has 0 saturated carbocycles. The van der Waals surface area contributed by atoms with Crippen LogP contribution in [0.25, 0.3) is 0 Å². The largest absolute Gasteiger partial charge is 0.447 e. The molecule has 198 valence electrons. The lowest BCUT2D eigenvalue weighted by molar-refractivity contribution is -0.133. The van der Waals surface area contributed by atoms with Gasteiger partial charge in [-0.15, -0.1) is 0 Å². The van der Waals surface area contributed by atoms with Gasteiger partial charge in [-0.3, -0.25) is 4.79 Å². The number of carbonyl (C=O) groups is 2. The summed E-state index contributed by atoms with van der Waals surface area (Å²) in [5, 5.41) is 0. The van der Waals surface area contributed by atoms with E-state index in [1.54, 1.807) is 0 Å². The van der Waals surface area contributed by atoms with Crippen LogP contribution in [0.2, 0.25) is 0 Å². The third-order valence-corrected chi connectivity index (χ3v) is 7.05. The number of hydrogen-bond acceptors (Lipinski definition) is 4. The normalized spacial score (nSPS) is 15.9. The second-order valence-corrected chi connectivity index (χ2v) is 9.92. The number of hydrogen-bond donors (Lipinski definition) is 0. The zero-order valence-corrected chi connectivity index (χ0v) is 22.1. The summed E-state index contributed by atoms with van der Waals surface area (Å²) in [4.78, 5) is 28.4. The van der Waals surface area contributed by atoms with E-state index in [0.717, 1.165) is 35.1 Å². The molecule has 0 aromatic heterocycles. The summed E-state index contributed by atoms with van der Waals surface area (Å²) in [5.74, 6) is -0.729. The Balaban J connectivity index is 1.52. The Bertz CT molecular complexity index is 1140. The second kappa shape index (κ2) is 13.7. The number of amides is 2. The van der Waals surface area contributed by atoms with E-state index in [1.807, 2.05) is 91.0 Å². The molecule has 3 aromatic rings. The van der Waals surface area contributed by atoms with E-state index in [2.05, 4.69) is 13.5 Å². The predicted octanol–water partition coefficient (Wildman–Crippen LogP) is 7.14. The number of cyclic esters (lactones) is 1. The molecule has 5 nitrogen and oxygen atoms in total. The summed E-state index contributed by atoms with van der Waals surface area (Å²) < 4.78 is 11.4. The number of imide groups is 1. The van der Waals surface area contributed by atoms with Crippen molar-refractivity contribution in [3.63, 3.8) is 0 Å². The Morgan fingerprint density at radius 3 is 2.13 bits per heavy atom. The van der Waals surface area contributed by atoms with Gasteiger partial charge in [0.1, 0.15) is 6.61 Å². The highest BCUT2D eigenvalue weighted by Crippen LogP contribution is 2.36. The molecular weight excluding hydrogens is 474 g/mol. The Morgan fingerprint density at radius 1 is 0.974 bits per heavy atom. The molecule has 4 rings (SSSR count). The van der Waals surface area contributed by atoms with Crippen LogP contribution in [0.15, 0.2) is 103 Å². The Hall–Kier alpha value is -3.70. The van der Waals surface area contributed by atoms with Gasteiger partial charge in [0.25, 0.3) is 0 Å². The van der Waals surface area contributed by atoms with Crippen LogP contribution in [0, 0.1) is 5.92 Å². The van der Waals surface area contributed by atoms with Crippen molar-refractivity contribution < 1.29 is 19.1 Å². The summed E-state index contributed by atoms with van der Waals surface area (Å²) in [7, 11) is 0. The minimum atomic E-state index is -0.565. The van der Waals surface area contributed by atoms with Crippen molar-refractivity contribution >= 4 is 12.0 Å². The van der Waals surface area contributed by atoms with Gasteiger partial charge < -0.3 is 9.47 Å². The Kier molecular flexibility index (Phi) is 9.88. The molecule has 3 aromatic carbocycles. The number of ether oxygens (including phenoxy) is 2. The Morgan fingerprint density at radius 2 is 1.55 bits per heavy atom. The first-order chi connectivity index (χ1) is 18.6. The van der Waals surface area contributed by atoms with Crippen molar-refractivity contribution in [1.29, 1.82) is 0 Å². The topological polar surface area (TPSA) is 55.8 Å². The van der Waals surface area contributed by atoms with E-state index in [-0.39, 0.29) is 24.3 Å². The van der Waals surface area contributed by atoms with Crippen LogP contribution >= 0.6 is 0 Å². The molecule has 2 amide bonds. The van der Waals surface area contributed by atoms with Crippen molar-refractivity contribution in [3.8, 4) is 0 Å². The fourth-order valence-electron chi connectivity index (χ4n) is 5.15. The van der Waals surface area contributed by atoms with Gasteiger partial charge in [0.05, 0.1) is 19.3 Å². The van der Waals surface area contributed by atoms with E-state index in [0.29, 0.717) is 26.1 Å². The third-order valence-electron chi connectivity index (χ3n) is 7.05. The summed E-state index contributed by atoms with van der Waals surface area (Å²) in [6.07, 6.45) is 2.45. The molecule has 1 aliphatic rings. The minimum absolute atomic E-state index is 0.167. The molecule has 0 aliphatic carbocycles. The van der Waals surface area contributed by atoms with Gasteiger partial charge in [-0.2, -0.15) is 0 Å². The summed E-state index contributed by atoms with van der Waals surface area (Å²) in [5.41, 5.74) is 4.03. The Labute approximate surface area is 226 Å². The molecule has 0 N–H and O–H groups in total. The number of rotatable bonds is 13. The van der Waals surface area contributed by atoms with E-state index in [9.17, 15) is 9.59 Å². The van der Waals surface area contributed by atoms with Gasteiger partial charge in [-0.05, 0) is 29.5 Å². The SMILES string of the molecule is C=C(COCc1ccccc1)C[C@H](CCCC)C(=O)N1C(=O)OC[C@H]1C(c1ccccc1)c1ccccc1. The van der Waals surface area contributed by atoms with E-state index in [1.165, 1.54) is 4.90 Å². The molecule has 0 radical (unpaired) electrons. The molecule has 0 spiro atoms. The molecule has 1 heterocycles. The van der Waals surface area contributed by atoms with Gasteiger partial charge in [0, 0.05) is 11.8 Å². The summed E-state index contributed by atoms with van der Waals surface area (Å²) in [6.45, 7) is 7.33. The van der Waals surface area contributed by atoms with Gasteiger partial charge in [0.2, 0.25) is 5.91 Å². The fourth-order valence-corrected chi connectivity index (χ4v) is 5.15. The van der Waals surface area contributed by atoms with Gasteiger partial charge in [-0.25, -0.2) is 9.69 Å². The van der Waals surface area contributed by atoms with Crippen LogP contribution < -0.4 is 0 Å². The first-order valence-electron chi connectivity index (χ1n) is 13.5. The quantitative estimate of drug-likeness (QED) is 0.229. The van der Waals surface area contributed by atoms with Crippen LogP contribution in [0.1, 0.15) is 55.2 Å². The zero-order valence-electron chi connectivity index (χ0n) is 22.1. The van der Waals surface area contributed by atoms with Crippen LogP contribution in [0.4, 0.5) is 4.79 Å². The maximum Gasteiger partial charge on any atom is 0.417 e. The first-order valence-corrected chi connectivity index (χ1v) is 13.5. The minimum Gasteiger partial charge on any atom is -0.447 e. The zero-order chi connectivity index (χ0) is 26.7. The maximum atomic E-state index is 14.0. The molecule has 5 heteroatoms. The smallest absolute Gasteiger partial charge is 0.417 e. The van der Waals surface area contributed by atoms with Gasteiger partial charge in [-0.1, -0.05) is 123 Å². The maximum absolute atomic E-state index is 14.0. The van der Waals surface area contributed by atoms with E-state index in [4.69, 9.17) is 9.47 Å². The molecule has 1 aliphatic heterocycles. The van der Waals surface area contributed by atoms with Crippen molar-refractivity contribution in [2.24, 2.45) is 5.92 Å². The number of nitrogens with zero attached hydrogens (tertiary/aromatic N) is 1. The third kappa shape index (κ3) is 6.99. The van der Waals surface area contributed by atoms with Crippen molar-refractivity contribution in [2.45, 2.75) is 51.2 Å². The number of benzene rings is 3.